The number of aromatic nitrogens is 3. The van der Waals surface area contributed by atoms with Crippen molar-refractivity contribution in [2.75, 3.05) is 6.61 Å². The Morgan fingerprint density at radius 2 is 1.94 bits per heavy atom. The molecule has 0 aliphatic heterocycles. The molecule has 18 heavy (non-hydrogen) atoms. The Kier molecular flexibility index (Phi) is 2.44. The fourth-order valence-corrected chi connectivity index (χ4v) is 2.38. The molecular formula is C14H15N3O. The third kappa shape index (κ3) is 1.45. The Balaban J connectivity index is 2.51. The average molecular weight is 241 g/mol. The summed E-state index contributed by atoms with van der Waals surface area (Å²) >= 11 is 0. The molecule has 4 nitrogen and oxygen atoms in total. The van der Waals surface area contributed by atoms with E-state index in [9.17, 15) is 0 Å². The Hall–Kier alpha value is -2.10. The Morgan fingerprint density at radius 1 is 1.22 bits per heavy atom. The molecule has 0 amide bonds. The Bertz CT molecular complexity index is 731. The lowest BCUT2D eigenvalue weighted by atomic mass is 10.1. The highest BCUT2D eigenvalue weighted by atomic mass is 16.5. The SMILES string of the molecule is CCOc1nc2c(c(C)nn2C)c2ccccc12. The zero-order valence-corrected chi connectivity index (χ0v) is 10.8. The summed E-state index contributed by atoms with van der Waals surface area (Å²) in [7, 11) is 1.91. The number of ether oxygens (including phenoxy) is 1. The summed E-state index contributed by atoms with van der Waals surface area (Å²) in [6.07, 6.45) is 0. The summed E-state index contributed by atoms with van der Waals surface area (Å²) < 4.78 is 7.44. The number of benzene rings is 1. The first-order valence-corrected chi connectivity index (χ1v) is 6.07. The Labute approximate surface area is 105 Å². The van der Waals surface area contributed by atoms with Gasteiger partial charge < -0.3 is 4.74 Å². The second-order valence-electron chi connectivity index (χ2n) is 4.30. The van der Waals surface area contributed by atoms with Crippen molar-refractivity contribution >= 4 is 21.8 Å². The molecule has 0 fully saturated rings. The van der Waals surface area contributed by atoms with Crippen molar-refractivity contribution in [3.8, 4) is 5.88 Å². The molecule has 0 spiro atoms. The van der Waals surface area contributed by atoms with Gasteiger partial charge in [0.15, 0.2) is 5.65 Å². The molecule has 0 bridgehead atoms. The fourth-order valence-electron chi connectivity index (χ4n) is 2.38. The molecule has 0 radical (unpaired) electrons. The van der Waals surface area contributed by atoms with Gasteiger partial charge in [-0.05, 0) is 25.3 Å². The molecule has 0 unspecified atom stereocenters. The lowest BCUT2D eigenvalue weighted by Gasteiger charge is -2.07. The van der Waals surface area contributed by atoms with Crippen molar-refractivity contribution in [1.29, 1.82) is 0 Å². The van der Waals surface area contributed by atoms with E-state index in [1.807, 2.05) is 39.1 Å². The van der Waals surface area contributed by atoms with E-state index in [1.165, 1.54) is 0 Å². The molecule has 0 saturated heterocycles. The van der Waals surface area contributed by atoms with Crippen LogP contribution in [0.3, 0.4) is 0 Å². The van der Waals surface area contributed by atoms with Gasteiger partial charge in [-0.25, -0.2) is 0 Å². The van der Waals surface area contributed by atoms with Crippen LogP contribution in [0.2, 0.25) is 0 Å². The number of pyridine rings is 1. The van der Waals surface area contributed by atoms with Gasteiger partial charge >= 0.3 is 0 Å². The minimum absolute atomic E-state index is 0.610. The predicted molar refractivity (Wildman–Crippen MR) is 71.9 cm³/mol. The molecule has 0 saturated carbocycles. The van der Waals surface area contributed by atoms with Crippen LogP contribution in [0.5, 0.6) is 5.88 Å². The molecule has 0 aliphatic carbocycles. The molecule has 3 rings (SSSR count). The number of nitrogens with zero attached hydrogens (tertiary/aromatic N) is 3. The first-order valence-electron chi connectivity index (χ1n) is 6.07. The van der Waals surface area contributed by atoms with E-state index in [1.54, 1.807) is 4.68 Å². The van der Waals surface area contributed by atoms with Crippen LogP contribution in [-0.2, 0) is 7.05 Å². The Morgan fingerprint density at radius 3 is 2.67 bits per heavy atom. The highest BCUT2D eigenvalue weighted by Crippen LogP contribution is 2.31. The summed E-state index contributed by atoms with van der Waals surface area (Å²) in [4.78, 5) is 4.59. The minimum Gasteiger partial charge on any atom is -0.477 e. The van der Waals surface area contributed by atoms with E-state index >= 15 is 0 Å². The van der Waals surface area contributed by atoms with Gasteiger partial charge in [-0.2, -0.15) is 10.1 Å². The molecule has 0 atom stereocenters. The molecule has 2 heterocycles. The molecule has 0 aliphatic rings. The van der Waals surface area contributed by atoms with Crippen LogP contribution < -0.4 is 4.74 Å². The van der Waals surface area contributed by atoms with Gasteiger partial charge in [0.1, 0.15) is 0 Å². The zero-order chi connectivity index (χ0) is 12.7. The van der Waals surface area contributed by atoms with Crippen LogP contribution >= 0.6 is 0 Å². The summed E-state index contributed by atoms with van der Waals surface area (Å²) in [6.45, 7) is 4.59. The predicted octanol–water partition coefficient (Wildman–Crippen LogP) is 2.83. The third-order valence-corrected chi connectivity index (χ3v) is 3.11. The van der Waals surface area contributed by atoms with Gasteiger partial charge in [0.2, 0.25) is 5.88 Å². The highest BCUT2D eigenvalue weighted by molar-refractivity contribution is 6.08. The molecule has 2 aromatic heterocycles. The average Bonchev–Trinajstić information content (AvgIpc) is 2.65. The summed E-state index contributed by atoms with van der Waals surface area (Å²) in [5, 5.41) is 7.74. The number of aryl methyl sites for hydroxylation is 2. The van der Waals surface area contributed by atoms with Crippen molar-refractivity contribution in [2.24, 2.45) is 7.05 Å². The second-order valence-corrected chi connectivity index (χ2v) is 4.30. The van der Waals surface area contributed by atoms with Crippen molar-refractivity contribution in [3.63, 3.8) is 0 Å². The van der Waals surface area contributed by atoms with Crippen molar-refractivity contribution < 1.29 is 4.74 Å². The summed E-state index contributed by atoms with van der Waals surface area (Å²) in [6, 6.07) is 8.17. The quantitative estimate of drug-likeness (QED) is 0.692. The van der Waals surface area contributed by atoms with E-state index in [-0.39, 0.29) is 0 Å². The molecular weight excluding hydrogens is 226 g/mol. The lowest BCUT2D eigenvalue weighted by Crippen LogP contribution is -1.98. The molecule has 1 aromatic carbocycles. The van der Waals surface area contributed by atoms with Crippen LogP contribution in [0, 0.1) is 6.92 Å². The normalized spacial score (nSPS) is 11.3. The second kappa shape index (κ2) is 3.98. The van der Waals surface area contributed by atoms with E-state index in [2.05, 4.69) is 16.1 Å². The fraction of sp³-hybridized carbons (Fsp3) is 0.286. The molecule has 3 aromatic rings. The summed E-state index contributed by atoms with van der Waals surface area (Å²) in [5.74, 6) is 0.684. The van der Waals surface area contributed by atoms with Crippen LogP contribution in [0.25, 0.3) is 21.8 Å². The van der Waals surface area contributed by atoms with Crippen molar-refractivity contribution in [2.45, 2.75) is 13.8 Å². The van der Waals surface area contributed by atoms with Gasteiger partial charge in [-0.3, -0.25) is 4.68 Å². The smallest absolute Gasteiger partial charge is 0.223 e. The maximum atomic E-state index is 5.64. The van der Waals surface area contributed by atoms with Crippen molar-refractivity contribution in [3.05, 3.63) is 30.0 Å². The third-order valence-electron chi connectivity index (χ3n) is 3.11. The van der Waals surface area contributed by atoms with Crippen LogP contribution in [0.4, 0.5) is 0 Å². The van der Waals surface area contributed by atoms with Gasteiger partial charge in [0.25, 0.3) is 0 Å². The van der Waals surface area contributed by atoms with Crippen LogP contribution in [0.1, 0.15) is 12.6 Å². The van der Waals surface area contributed by atoms with E-state index in [0.717, 1.165) is 27.5 Å². The number of hydrogen-bond acceptors (Lipinski definition) is 3. The van der Waals surface area contributed by atoms with E-state index < -0.39 is 0 Å². The van der Waals surface area contributed by atoms with Gasteiger partial charge in [0.05, 0.1) is 17.7 Å². The monoisotopic (exact) mass is 241 g/mol. The minimum atomic E-state index is 0.610. The number of hydrogen-bond donors (Lipinski definition) is 0. The maximum Gasteiger partial charge on any atom is 0.223 e. The largest absolute Gasteiger partial charge is 0.477 e. The lowest BCUT2D eigenvalue weighted by molar-refractivity contribution is 0.332. The first kappa shape index (κ1) is 11.0. The maximum absolute atomic E-state index is 5.64. The van der Waals surface area contributed by atoms with Gasteiger partial charge in [-0.1, -0.05) is 18.2 Å². The van der Waals surface area contributed by atoms with Crippen LogP contribution in [0.15, 0.2) is 24.3 Å². The van der Waals surface area contributed by atoms with Gasteiger partial charge in [-0.15, -0.1) is 0 Å². The topological polar surface area (TPSA) is 39.9 Å². The van der Waals surface area contributed by atoms with Crippen molar-refractivity contribution in [1.82, 2.24) is 14.8 Å². The van der Waals surface area contributed by atoms with E-state index in [4.69, 9.17) is 4.74 Å². The van der Waals surface area contributed by atoms with Crippen LogP contribution in [-0.4, -0.2) is 21.4 Å². The number of fused-ring (bicyclic) bond motifs is 3. The van der Waals surface area contributed by atoms with Gasteiger partial charge in [0, 0.05) is 12.4 Å². The molecule has 92 valence electrons. The molecule has 4 heteroatoms. The number of rotatable bonds is 2. The standard InChI is InChI=1S/C14H15N3O/c1-4-18-14-11-8-6-5-7-10(11)12-9(2)16-17(3)13(12)15-14/h5-8H,4H2,1-3H3. The first-order chi connectivity index (χ1) is 8.72. The van der Waals surface area contributed by atoms with E-state index in [0.29, 0.717) is 12.5 Å². The highest BCUT2D eigenvalue weighted by Gasteiger charge is 2.14. The zero-order valence-electron chi connectivity index (χ0n) is 10.8. The summed E-state index contributed by atoms with van der Waals surface area (Å²) in [5.41, 5.74) is 1.87. The molecule has 0 N–H and O–H groups in total.